The van der Waals surface area contributed by atoms with Crippen LogP contribution in [0.4, 0.5) is 5.69 Å². The molecule has 0 aliphatic carbocycles. The molecular formula is C22H23N3O3. The van der Waals surface area contributed by atoms with Crippen molar-refractivity contribution in [1.82, 2.24) is 4.90 Å². The highest BCUT2D eigenvalue weighted by atomic mass is 16.5. The summed E-state index contributed by atoms with van der Waals surface area (Å²) in [4.78, 5) is 14.5. The Labute approximate surface area is 164 Å². The largest absolute Gasteiger partial charge is 0.394 e. The molecule has 4 rings (SSSR count). The second-order valence-electron chi connectivity index (χ2n) is 7.35. The number of nitriles is 1. The summed E-state index contributed by atoms with van der Waals surface area (Å²) in [5.74, 6) is 0.121. The Morgan fingerprint density at radius 1 is 1.32 bits per heavy atom. The number of anilines is 1. The smallest absolute Gasteiger partial charge is 0.249 e. The monoisotopic (exact) mass is 377 g/mol. The number of methoxy groups -OCH3 is 1. The van der Waals surface area contributed by atoms with Gasteiger partial charge in [-0.2, -0.15) is 5.26 Å². The third-order valence-electron chi connectivity index (χ3n) is 5.78. The molecule has 0 bridgehead atoms. The number of ether oxygens (including phenoxy) is 1. The first kappa shape index (κ1) is 18.5. The minimum atomic E-state index is -0.0878. The van der Waals surface area contributed by atoms with Crippen molar-refractivity contribution < 1.29 is 14.6 Å². The number of rotatable bonds is 4. The van der Waals surface area contributed by atoms with Crippen molar-refractivity contribution in [3.05, 3.63) is 53.6 Å². The Morgan fingerprint density at radius 3 is 2.89 bits per heavy atom. The van der Waals surface area contributed by atoms with E-state index in [1.807, 2.05) is 35.2 Å². The fourth-order valence-electron chi connectivity index (χ4n) is 4.50. The highest BCUT2D eigenvalue weighted by Gasteiger charge is 2.45. The average Bonchev–Trinajstić information content (AvgIpc) is 3.18. The number of nitrogens with zero attached hydrogens (tertiary/aromatic N) is 2. The maximum atomic E-state index is 12.6. The number of hydrogen-bond donors (Lipinski definition) is 2. The third-order valence-corrected chi connectivity index (χ3v) is 5.78. The Morgan fingerprint density at radius 2 is 2.14 bits per heavy atom. The van der Waals surface area contributed by atoms with E-state index in [-0.39, 0.29) is 37.1 Å². The lowest BCUT2D eigenvalue weighted by molar-refractivity contribution is -0.136. The summed E-state index contributed by atoms with van der Waals surface area (Å²) in [6.07, 6.45) is 0.839. The molecular weight excluding hydrogens is 354 g/mol. The number of aliphatic hydroxyl groups is 1. The van der Waals surface area contributed by atoms with E-state index in [0.29, 0.717) is 12.1 Å². The Kier molecular flexibility index (Phi) is 5.03. The molecule has 0 unspecified atom stereocenters. The summed E-state index contributed by atoms with van der Waals surface area (Å²) >= 11 is 0. The first-order chi connectivity index (χ1) is 13.7. The Balaban J connectivity index is 1.77. The van der Waals surface area contributed by atoms with Crippen molar-refractivity contribution >= 4 is 11.6 Å². The molecule has 0 radical (unpaired) electrons. The van der Waals surface area contributed by atoms with Gasteiger partial charge in [-0.1, -0.05) is 18.2 Å². The second-order valence-corrected chi connectivity index (χ2v) is 7.35. The van der Waals surface area contributed by atoms with Crippen LogP contribution in [0, 0.1) is 17.2 Å². The van der Waals surface area contributed by atoms with Gasteiger partial charge in [0.1, 0.15) is 6.61 Å². The fraction of sp³-hybridized carbons (Fsp3) is 0.364. The van der Waals surface area contributed by atoms with E-state index in [4.69, 9.17) is 4.74 Å². The fourth-order valence-corrected chi connectivity index (χ4v) is 4.50. The number of hydrogen-bond acceptors (Lipinski definition) is 5. The predicted molar refractivity (Wildman–Crippen MR) is 106 cm³/mol. The highest BCUT2D eigenvalue weighted by Crippen LogP contribution is 2.47. The SMILES string of the molecule is COCC(=O)N1CC[C@@H]2[C@H](CO)Nc3ccc(-c4cccc(C#N)c4)cc3[C@@H]21. The van der Waals surface area contributed by atoms with Gasteiger partial charge >= 0.3 is 0 Å². The standard InChI is InChI=1S/C22H23N3O3/c1-28-13-21(27)25-8-7-17-20(12-26)24-19-6-5-16(10-18(19)22(17)25)15-4-2-3-14(9-15)11-23/h2-6,9-10,17,20,22,24,26H,7-8,12-13H2,1H3/t17-,20+,22-/m1/s1. The molecule has 2 aliphatic heterocycles. The molecule has 6 heteroatoms. The summed E-state index contributed by atoms with van der Waals surface area (Å²) in [5, 5.41) is 22.5. The van der Waals surface area contributed by atoms with Crippen LogP contribution in [0.5, 0.6) is 0 Å². The van der Waals surface area contributed by atoms with Gasteiger partial charge in [0.25, 0.3) is 0 Å². The minimum absolute atomic E-state index is 0.0267. The summed E-state index contributed by atoms with van der Waals surface area (Å²) in [6.45, 7) is 0.738. The number of benzene rings is 2. The van der Waals surface area contributed by atoms with Crippen LogP contribution in [0.2, 0.25) is 0 Å². The number of nitrogens with one attached hydrogen (secondary N) is 1. The molecule has 6 nitrogen and oxygen atoms in total. The summed E-state index contributed by atoms with van der Waals surface area (Å²) in [7, 11) is 1.53. The van der Waals surface area contributed by atoms with Crippen LogP contribution >= 0.6 is 0 Å². The molecule has 0 aromatic heterocycles. The zero-order valence-electron chi connectivity index (χ0n) is 15.8. The third kappa shape index (κ3) is 3.13. The number of carbonyl (C=O) groups excluding carboxylic acids is 1. The van der Waals surface area contributed by atoms with E-state index >= 15 is 0 Å². The summed E-state index contributed by atoms with van der Waals surface area (Å²) in [6, 6.07) is 15.6. The zero-order chi connectivity index (χ0) is 19.7. The Bertz CT molecular complexity index is 937. The summed E-state index contributed by atoms with van der Waals surface area (Å²) < 4.78 is 5.07. The molecule has 1 saturated heterocycles. The summed E-state index contributed by atoms with van der Waals surface area (Å²) in [5.41, 5.74) is 4.58. The van der Waals surface area contributed by atoms with E-state index in [1.54, 1.807) is 6.07 Å². The van der Waals surface area contributed by atoms with Crippen molar-refractivity contribution in [2.45, 2.75) is 18.5 Å². The lowest BCUT2D eigenvalue weighted by Gasteiger charge is -2.39. The van der Waals surface area contributed by atoms with Gasteiger partial charge < -0.3 is 20.1 Å². The zero-order valence-corrected chi connectivity index (χ0v) is 15.8. The van der Waals surface area contributed by atoms with Crippen LogP contribution in [0.1, 0.15) is 23.6 Å². The van der Waals surface area contributed by atoms with Gasteiger partial charge in [0.2, 0.25) is 5.91 Å². The average molecular weight is 377 g/mol. The number of aliphatic hydroxyl groups excluding tert-OH is 1. The van der Waals surface area contributed by atoms with Crippen LogP contribution in [-0.2, 0) is 9.53 Å². The first-order valence-electron chi connectivity index (χ1n) is 9.46. The van der Waals surface area contributed by atoms with Crippen LogP contribution in [-0.4, -0.2) is 48.8 Å². The quantitative estimate of drug-likeness (QED) is 0.855. The predicted octanol–water partition coefficient (Wildman–Crippen LogP) is 2.55. The van der Waals surface area contributed by atoms with Crippen molar-refractivity contribution in [2.75, 3.05) is 32.2 Å². The lowest BCUT2D eigenvalue weighted by Crippen LogP contribution is -2.43. The molecule has 1 fully saturated rings. The minimum Gasteiger partial charge on any atom is -0.394 e. The molecule has 3 atom stereocenters. The van der Waals surface area contributed by atoms with Crippen LogP contribution in [0.15, 0.2) is 42.5 Å². The van der Waals surface area contributed by atoms with E-state index in [1.165, 1.54) is 7.11 Å². The van der Waals surface area contributed by atoms with Gasteiger partial charge in [0.15, 0.2) is 0 Å². The van der Waals surface area contributed by atoms with Crippen LogP contribution in [0.25, 0.3) is 11.1 Å². The van der Waals surface area contributed by atoms with E-state index in [9.17, 15) is 15.2 Å². The molecule has 2 aromatic rings. The first-order valence-corrected chi connectivity index (χ1v) is 9.46. The van der Waals surface area contributed by atoms with Gasteiger partial charge in [-0.15, -0.1) is 0 Å². The lowest BCUT2D eigenvalue weighted by atomic mass is 9.82. The molecule has 2 heterocycles. The molecule has 2 aromatic carbocycles. The van der Waals surface area contributed by atoms with Crippen molar-refractivity contribution in [3.63, 3.8) is 0 Å². The molecule has 2 N–H and O–H groups in total. The van der Waals surface area contributed by atoms with Gasteiger partial charge in [0, 0.05) is 25.3 Å². The van der Waals surface area contributed by atoms with Crippen LogP contribution < -0.4 is 5.32 Å². The molecule has 28 heavy (non-hydrogen) atoms. The number of amides is 1. The highest BCUT2D eigenvalue weighted by molar-refractivity contribution is 5.80. The van der Waals surface area contributed by atoms with Crippen molar-refractivity contribution in [1.29, 1.82) is 5.26 Å². The number of likely N-dealkylation sites (tertiary alicyclic amines) is 1. The molecule has 1 amide bonds. The van der Waals surface area contributed by atoms with Crippen molar-refractivity contribution in [2.24, 2.45) is 5.92 Å². The van der Waals surface area contributed by atoms with Gasteiger partial charge in [-0.05, 0) is 47.4 Å². The molecule has 0 saturated carbocycles. The van der Waals surface area contributed by atoms with E-state index in [0.717, 1.165) is 28.8 Å². The molecule has 0 spiro atoms. The van der Waals surface area contributed by atoms with Gasteiger partial charge in [0.05, 0.1) is 30.3 Å². The topological polar surface area (TPSA) is 85.6 Å². The maximum absolute atomic E-state index is 12.6. The maximum Gasteiger partial charge on any atom is 0.249 e. The molecule has 144 valence electrons. The van der Waals surface area contributed by atoms with Crippen LogP contribution in [0.3, 0.4) is 0 Å². The van der Waals surface area contributed by atoms with Gasteiger partial charge in [-0.3, -0.25) is 4.79 Å². The van der Waals surface area contributed by atoms with Crippen molar-refractivity contribution in [3.8, 4) is 17.2 Å². The van der Waals surface area contributed by atoms with Gasteiger partial charge in [-0.25, -0.2) is 0 Å². The van der Waals surface area contributed by atoms with E-state index in [2.05, 4.69) is 17.5 Å². The van der Waals surface area contributed by atoms with E-state index < -0.39 is 0 Å². The second kappa shape index (κ2) is 7.63. The normalized spacial score (nSPS) is 22.8. The molecule has 2 aliphatic rings. The Hall–Kier alpha value is -2.88. The number of fused-ring (bicyclic) bond motifs is 3. The number of carbonyl (C=O) groups is 1.